The van der Waals surface area contributed by atoms with Gasteiger partial charge in [-0.1, -0.05) is 6.92 Å². The van der Waals surface area contributed by atoms with E-state index in [0.717, 1.165) is 32.5 Å². The van der Waals surface area contributed by atoms with Gasteiger partial charge in [-0.3, -0.25) is 0 Å². The van der Waals surface area contributed by atoms with Crippen molar-refractivity contribution in [2.24, 2.45) is 11.3 Å². The van der Waals surface area contributed by atoms with Crippen molar-refractivity contribution in [2.75, 3.05) is 32.7 Å². The molecule has 2 rings (SSSR count). The number of nitrogens with zero attached hydrogens (tertiary/aromatic N) is 1. The molecule has 5 heteroatoms. The highest BCUT2D eigenvalue weighted by atomic mass is 19.4. The molecule has 2 saturated heterocycles. The van der Waals surface area contributed by atoms with Crippen LogP contribution in [-0.2, 0) is 0 Å². The van der Waals surface area contributed by atoms with Crippen LogP contribution in [0, 0.1) is 11.3 Å². The number of hydrogen-bond acceptors (Lipinski definition) is 2. The number of alkyl halides is 3. The van der Waals surface area contributed by atoms with Crippen LogP contribution >= 0.6 is 0 Å². The van der Waals surface area contributed by atoms with Crippen LogP contribution in [0.25, 0.3) is 0 Å². The Morgan fingerprint density at radius 2 is 1.94 bits per heavy atom. The van der Waals surface area contributed by atoms with Crippen molar-refractivity contribution in [1.82, 2.24) is 10.2 Å². The van der Waals surface area contributed by atoms with Gasteiger partial charge in [-0.15, -0.1) is 0 Å². The van der Waals surface area contributed by atoms with Crippen molar-refractivity contribution in [3.63, 3.8) is 0 Å². The van der Waals surface area contributed by atoms with Crippen LogP contribution < -0.4 is 5.32 Å². The van der Waals surface area contributed by atoms with Crippen LogP contribution in [0.3, 0.4) is 0 Å². The molecule has 0 bridgehead atoms. The molecule has 0 amide bonds. The minimum absolute atomic E-state index is 0.275. The van der Waals surface area contributed by atoms with Crippen LogP contribution in [-0.4, -0.2) is 43.8 Å². The van der Waals surface area contributed by atoms with E-state index in [0.29, 0.717) is 18.5 Å². The fraction of sp³-hybridized carbons (Fsp3) is 1.00. The molecule has 2 aliphatic heterocycles. The molecular weight excluding hydrogens is 241 g/mol. The smallest absolute Gasteiger partial charge is 0.316 e. The molecule has 1 N–H and O–H groups in total. The second kappa shape index (κ2) is 5.37. The Morgan fingerprint density at radius 3 is 2.39 bits per heavy atom. The molecule has 0 aromatic rings. The minimum atomic E-state index is -4.00. The molecule has 0 aromatic carbocycles. The Morgan fingerprint density at radius 1 is 1.28 bits per heavy atom. The second-order valence-electron chi connectivity index (χ2n) is 5.87. The summed E-state index contributed by atoms with van der Waals surface area (Å²) in [5.74, 6) is -1.08. The zero-order valence-electron chi connectivity index (χ0n) is 11.0. The lowest BCUT2D eigenvalue weighted by Crippen LogP contribution is -2.45. The largest absolute Gasteiger partial charge is 0.391 e. The predicted octanol–water partition coefficient (Wildman–Crippen LogP) is 2.65. The first kappa shape index (κ1) is 14.1. The van der Waals surface area contributed by atoms with Crippen LogP contribution in [0.4, 0.5) is 13.2 Å². The molecule has 18 heavy (non-hydrogen) atoms. The summed E-state index contributed by atoms with van der Waals surface area (Å²) in [7, 11) is 0. The first-order valence-corrected chi connectivity index (χ1v) is 6.95. The first-order chi connectivity index (χ1) is 8.45. The molecule has 2 nitrogen and oxygen atoms in total. The Kier molecular flexibility index (Phi) is 4.22. The molecule has 2 fully saturated rings. The fourth-order valence-corrected chi connectivity index (χ4v) is 3.24. The van der Waals surface area contributed by atoms with Crippen LogP contribution in [0.15, 0.2) is 0 Å². The number of likely N-dealkylation sites (tertiary alicyclic amines) is 1. The van der Waals surface area contributed by atoms with Crippen molar-refractivity contribution in [3.05, 3.63) is 0 Å². The van der Waals surface area contributed by atoms with Gasteiger partial charge in [0, 0.05) is 13.1 Å². The van der Waals surface area contributed by atoms with Crippen molar-refractivity contribution >= 4 is 0 Å². The van der Waals surface area contributed by atoms with Gasteiger partial charge < -0.3 is 10.2 Å². The van der Waals surface area contributed by atoms with Crippen LogP contribution in [0.5, 0.6) is 0 Å². The van der Waals surface area contributed by atoms with Gasteiger partial charge in [0.05, 0.1) is 5.92 Å². The van der Waals surface area contributed by atoms with Crippen LogP contribution in [0.1, 0.15) is 32.6 Å². The number of rotatable bonds is 3. The topological polar surface area (TPSA) is 15.3 Å². The standard InChI is InChI=1S/C13H23F3N2/c1-2-12(5-6-17-9-12)10-18-7-3-11(4-8-18)13(14,15)16/h11,17H,2-10H2,1H3. The minimum Gasteiger partial charge on any atom is -0.316 e. The molecular formula is C13H23F3N2. The molecule has 2 aliphatic rings. The lowest BCUT2D eigenvalue weighted by molar-refractivity contribution is -0.185. The third kappa shape index (κ3) is 3.18. The Bertz CT molecular complexity index is 264. The van der Waals surface area contributed by atoms with Gasteiger partial charge in [-0.2, -0.15) is 13.2 Å². The van der Waals surface area contributed by atoms with E-state index in [1.54, 1.807) is 0 Å². The predicted molar refractivity (Wildman–Crippen MR) is 65.4 cm³/mol. The average molecular weight is 264 g/mol. The first-order valence-electron chi connectivity index (χ1n) is 6.95. The summed E-state index contributed by atoms with van der Waals surface area (Å²) < 4.78 is 37.8. The van der Waals surface area contributed by atoms with E-state index in [1.807, 2.05) is 0 Å². The lowest BCUT2D eigenvalue weighted by atomic mass is 9.83. The number of halogens is 3. The highest BCUT2D eigenvalue weighted by molar-refractivity contribution is 4.90. The van der Waals surface area contributed by atoms with E-state index in [9.17, 15) is 13.2 Å². The molecule has 0 aliphatic carbocycles. The second-order valence-corrected chi connectivity index (χ2v) is 5.87. The molecule has 1 unspecified atom stereocenters. The van der Waals surface area contributed by atoms with Gasteiger partial charge in [0.2, 0.25) is 0 Å². The molecule has 0 spiro atoms. The highest BCUT2D eigenvalue weighted by Crippen LogP contribution is 2.36. The summed E-state index contributed by atoms with van der Waals surface area (Å²) >= 11 is 0. The number of nitrogens with one attached hydrogen (secondary N) is 1. The zero-order valence-corrected chi connectivity index (χ0v) is 11.0. The maximum atomic E-state index is 12.6. The van der Waals surface area contributed by atoms with Crippen molar-refractivity contribution in [1.29, 1.82) is 0 Å². The van der Waals surface area contributed by atoms with Crippen molar-refractivity contribution in [3.8, 4) is 0 Å². The maximum absolute atomic E-state index is 12.6. The Hall–Kier alpha value is -0.290. The highest BCUT2D eigenvalue weighted by Gasteiger charge is 2.42. The van der Waals surface area contributed by atoms with Gasteiger partial charge in [0.1, 0.15) is 0 Å². The van der Waals surface area contributed by atoms with E-state index in [4.69, 9.17) is 0 Å². The van der Waals surface area contributed by atoms with E-state index in [1.165, 1.54) is 0 Å². The lowest BCUT2D eigenvalue weighted by Gasteiger charge is -2.38. The summed E-state index contributed by atoms with van der Waals surface area (Å²) in [5.41, 5.74) is 0.297. The number of hydrogen-bond donors (Lipinski definition) is 1. The van der Waals surface area contributed by atoms with Gasteiger partial charge in [0.15, 0.2) is 0 Å². The SMILES string of the molecule is CCC1(CN2CCC(C(F)(F)F)CC2)CCNC1. The molecule has 1 atom stereocenters. The molecule has 0 aromatic heterocycles. The summed E-state index contributed by atoms with van der Waals surface area (Å²) in [6.07, 6.45) is -1.18. The van der Waals surface area contributed by atoms with Crippen molar-refractivity contribution < 1.29 is 13.2 Å². The molecule has 0 saturated carbocycles. The molecule has 2 heterocycles. The van der Waals surface area contributed by atoms with Gasteiger partial charge >= 0.3 is 6.18 Å². The monoisotopic (exact) mass is 264 g/mol. The summed E-state index contributed by atoms with van der Waals surface area (Å²) in [4.78, 5) is 2.23. The normalized spacial score (nSPS) is 32.0. The summed E-state index contributed by atoms with van der Waals surface area (Å²) in [6.45, 7) is 6.42. The maximum Gasteiger partial charge on any atom is 0.391 e. The molecule has 106 valence electrons. The Labute approximate surface area is 107 Å². The van der Waals surface area contributed by atoms with Gasteiger partial charge in [-0.05, 0) is 50.7 Å². The van der Waals surface area contributed by atoms with Crippen LogP contribution in [0.2, 0.25) is 0 Å². The zero-order chi connectivity index (χ0) is 13.2. The van der Waals surface area contributed by atoms with Gasteiger partial charge in [0.25, 0.3) is 0 Å². The third-order valence-electron chi connectivity index (χ3n) is 4.69. The van der Waals surface area contributed by atoms with E-state index < -0.39 is 12.1 Å². The average Bonchev–Trinajstić information content (AvgIpc) is 2.78. The van der Waals surface area contributed by atoms with Gasteiger partial charge in [-0.25, -0.2) is 0 Å². The summed E-state index contributed by atoms with van der Waals surface area (Å²) in [6, 6.07) is 0. The van der Waals surface area contributed by atoms with E-state index in [2.05, 4.69) is 17.1 Å². The number of piperidine rings is 1. The summed E-state index contributed by atoms with van der Waals surface area (Å²) in [5, 5.41) is 3.38. The molecule has 0 radical (unpaired) electrons. The van der Waals surface area contributed by atoms with E-state index in [-0.39, 0.29) is 12.8 Å². The third-order valence-corrected chi connectivity index (χ3v) is 4.69. The quantitative estimate of drug-likeness (QED) is 0.843. The van der Waals surface area contributed by atoms with E-state index >= 15 is 0 Å². The fourth-order valence-electron chi connectivity index (χ4n) is 3.24. The van der Waals surface area contributed by atoms with Crippen molar-refractivity contribution in [2.45, 2.75) is 38.8 Å². The Balaban J connectivity index is 1.83.